The van der Waals surface area contributed by atoms with Crippen molar-refractivity contribution in [2.75, 3.05) is 26.4 Å². The fourth-order valence-corrected chi connectivity index (χ4v) is 2.07. The Bertz CT molecular complexity index is 196. The lowest BCUT2D eigenvalue weighted by molar-refractivity contribution is -0.125. The second kappa shape index (κ2) is 7.63. The Labute approximate surface area is 97.4 Å². The summed E-state index contributed by atoms with van der Waals surface area (Å²) in [7, 11) is 0. The number of ether oxygens (including phenoxy) is 1. The number of carbonyl (C=O) groups excluding carboxylic acids is 1. The molecule has 1 saturated heterocycles. The fraction of sp³-hybridized carbons (Fsp3) is 0.917. The summed E-state index contributed by atoms with van der Waals surface area (Å²) >= 11 is 0. The standard InChI is InChI=1S/C12H23NO3/c1-2-3-10(4-6-14)8-13-12(15)11-5-7-16-9-11/h10-11,14H,2-9H2,1H3,(H,13,15). The molecule has 0 saturated carbocycles. The Balaban J connectivity index is 2.21. The van der Waals surface area contributed by atoms with Crippen LogP contribution in [-0.4, -0.2) is 37.4 Å². The average Bonchev–Trinajstić information content (AvgIpc) is 2.79. The number of nitrogens with one attached hydrogen (secondary N) is 1. The largest absolute Gasteiger partial charge is 0.396 e. The fourth-order valence-electron chi connectivity index (χ4n) is 2.07. The summed E-state index contributed by atoms with van der Waals surface area (Å²) in [6.45, 7) is 4.27. The van der Waals surface area contributed by atoms with E-state index in [2.05, 4.69) is 12.2 Å². The van der Waals surface area contributed by atoms with Crippen molar-refractivity contribution in [3.63, 3.8) is 0 Å². The van der Waals surface area contributed by atoms with Crippen LogP contribution in [0.2, 0.25) is 0 Å². The van der Waals surface area contributed by atoms with E-state index in [1.807, 2.05) is 0 Å². The van der Waals surface area contributed by atoms with Gasteiger partial charge in [0.15, 0.2) is 0 Å². The summed E-state index contributed by atoms with van der Waals surface area (Å²) in [6.07, 6.45) is 3.76. The molecule has 1 heterocycles. The monoisotopic (exact) mass is 229 g/mol. The quantitative estimate of drug-likeness (QED) is 0.683. The molecule has 0 aromatic carbocycles. The Morgan fingerprint density at radius 3 is 2.94 bits per heavy atom. The molecule has 1 fully saturated rings. The normalized spacial score (nSPS) is 22.0. The van der Waals surface area contributed by atoms with Gasteiger partial charge in [-0.15, -0.1) is 0 Å². The molecular formula is C12H23NO3. The minimum Gasteiger partial charge on any atom is -0.396 e. The second-order valence-corrected chi connectivity index (χ2v) is 4.47. The molecule has 1 aliphatic heterocycles. The highest BCUT2D eigenvalue weighted by molar-refractivity contribution is 5.78. The third-order valence-corrected chi connectivity index (χ3v) is 3.10. The minimum absolute atomic E-state index is 0.0383. The molecule has 1 rings (SSSR count). The third kappa shape index (κ3) is 4.49. The molecular weight excluding hydrogens is 206 g/mol. The first-order valence-electron chi connectivity index (χ1n) is 6.24. The molecule has 4 nitrogen and oxygen atoms in total. The Morgan fingerprint density at radius 2 is 2.38 bits per heavy atom. The maximum atomic E-state index is 11.7. The predicted molar refractivity (Wildman–Crippen MR) is 62.0 cm³/mol. The molecule has 94 valence electrons. The lowest BCUT2D eigenvalue weighted by Crippen LogP contribution is -2.35. The molecule has 0 spiro atoms. The summed E-state index contributed by atoms with van der Waals surface area (Å²) in [5.41, 5.74) is 0. The molecule has 4 heteroatoms. The van der Waals surface area contributed by atoms with Gasteiger partial charge in [0.2, 0.25) is 5.91 Å². The molecule has 0 radical (unpaired) electrons. The zero-order valence-corrected chi connectivity index (χ0v) is 10.1. The van der Waals surface area contributed by atoms with Crippen LogP contribution in [-0.2, 0) is 9.53 Å². The van der Waals surface area contributed by atoms with Gasteiger partial charge in [-0.3, -0.25) is 4.79 Å². The second-order valence-electron chi connectivity index (χ2n) is 4.47. The van der Waals surface area contributed by atoms with Crippen molar-refractivity contribution in [3.05, 3.63) is 0 Å². The van der Waals surface area contributed by atoms with Crippen molar-refractivity contribution in [2.24, 2.45) is 11.8 Å². The molecule has 0 bridgehead atoms. The zero-order valence-electron chi connectivity index (χ0n) is 10.1. The van der Waals surface area contributed by atoms with Crippen LogP contribution in [0.5, 0.6) is 0 Å². The van der Waals surface area contributed by atoms with Crippen molar-refractivity contribution in [2.45, 2.75) is 32.6 Å². The molecule has 16 heavy (non-hydrogen) atoms. The van der Waals surface area contributed by atoms with E-state index in [9.17, 15) is 4.79 Å². The van der Waals surface area contributed by atoms with E-state index in [0.29, 0.717) is 25.7 Å². The van der Waals surface area contributed by atoms with Crippen LogP contribution in [0.4, 0.5) is 0 Å². The molecule has 2 unspecified atom stereocenters. The van der Waals surface area contributed by atoms with Gasteiger partial charge in [-0.25, -0.2) is 0 Å². The van der Waals surface area contributed by atoms with Gasteiger partial charge in [-0.05, 0) is 25.2 Å². The summed E-state index contributed by atoms with van der Waals surface area (Å²) in [6, 6.07) is 0. The van der Waals surface area contributed by atoms with E-state index in [4.69, 9.17) is 9.84 Å². The summed E-state index contributed by atoms with van der Waals surface area (Å²) in [4.78, 5) is 11.7. The maximum Gasteiger partial charge on any atom is 0.225 e. The Hall–Kier alpha value is -0.610. The number of carbonyl (C=O) groups is 1. The Morgan fingerprint density at radius 1 is 1.56 bits per heavy atom. The van der Waals surface area contributed by atoms with Gasteiger partial charge in [0.1, 0.15) is 0 Å². The maximum absolute atomic E-state index is 11.7. The Kier molecular flexibility index (Phi) is 6.42. The van der Waals surface area contributed by atoms with Crippen LogP contribution in [0.25, 0.3) is 0 Å². The van der Waals surface area contributed by atoms with Crippen LogP contribution >= 0.6 is 0 Å². The van der Waals surface area contributed by atoms with E-state index >= 15 is 0 Å². The van der Waals surface area contributed by atoms with Crippen molar-refractivity contribution in [3.8, 4) is 0 Å². The SMILES string of the molecule is CCCC(CCO)CNC(=O)C1CCOC1. The van der Waals surface area contributed by atoms with E-state index in [-0.39, 0.29) is 18.4 Å². The predicted octanol–water partition coefficient (Wildman–Crippen LogP) is 0.938. The molecule has 0 aromatic heterocycles. The van der Waals surface area contributed by atoms with Crippen molar-refractivity contribution in [1.82, 2.24) is 5.32 Å². The van der Waals surface area contributed by atoms with Crippen LogP contribution in [0.3, 0.4) is 0 Å². The molecule has 1 amide bonds. The van der Waals surface area contributed by atoms with Gasteiger partial charge < -0.3 is 15.2 Å². The van der Waals surface area contributed by atoms with Crippen molar-refractivity contribution in [1.29, 1.82) is 0 Å². The number of hydrogen-bond acceptors (Lipinski definition) is 3. The molecule has 0 aliphatic carbocycles. The van der Waals surface area contributed by atoms with Crippen LogP contribution in [0.1, 0.15) is 32.6 Å². The van der Waals surface area contributed by atoms with Gasteiger partial charge in [0.05, 0.1) is 12.5 Å². The van der Waals surface area contributed by atoms with Gasteiger partial charge in [-0.1, -0.05) is 13.3 Å². The first kappa shape index (κ1) is 13.5. The lowest BCUT2D eigenvalue weighted by atomic mass is 9.99. The van der Waals surface area contributed by atoms with Gasteiger partial charge in [-0.2, -0.15) is 0 Å². The molecule has 2 N–H and O–H groups in total. The number of aliphatic hydroxyl groups is 1. The zero-order chi connectivity index (χ0) is 11.8. The van der Waals surface area contributed by atoms with E-state index in [1.165, 1.54) is 0 Å². The topological polar surface area (TPSA) is 58.6 Å². The highest BCUT2D eigenvalue weighted by Gasteiger charge is 2.23. The lowest BCUT2D eigenvalue weighted by Gasteiger charge is -2.17. The van der Waals surface area contributed by atoms with Crippen molar-refractivity contribution < 1.29 is 14.6 Å². The number of aliphatic hydroxyl groups excluding tert-OH is 1. The van der Waals surface area contributed by atoms with Gasteiger partial charge in [0.25, 0.3) is 0 Å². The van der Waals surface area contributed by atoms with E-state index < -0.39 is 0 Å². The summed E-state index contributed by atoms with van der Waals surface area (Å²) in [5.74, 6) is 0.550. The highest BCUT2D eigenvalue weighted by Crippen LogP contribution is 2.13. The minimum atomic E-state index is 0.0383. The smallest absolute Gasteiger partial charge is 0.225 e. The third-order valence-electron chi connectivity index (χ3n) is 3.10. The van der Waals surface area contributed by atoms with Crippen LogP contribution < -0.4 is 5.32 Å². The molecule has 1 aliphatic rings. The van der Waals surface area contributed by atoms with Crippen LogP contribution in [0.15, 0.2) is 0 Å². The van der Waals surface area contributed by atoms with Crippen LogP contribution in [0, 0.1) is 11.8 Å². The summed E-state index contributed by atoms with van der Waals surface area (Å²) < 4.78 is 5.18. The number of amides is 1. The first-order valence-corrected chi connectivity index (χ1v) is 6.24. The number of hydrogen-bond donors (Lipinski definition) is 2. The van der Waals surface area contributed by atoms with Crippen molar-refractivity contribution >= 4 is 5.91 Å². The molecule has 0 aromatic rings. The van der Waals surface area contributed by atoms with Gasteiger partial charge in [0, 0.05) is 19.8 Å². The van der Waals surface area contributed by atoms with E-state index in [0.717, 1.165) is 25.7 Å². The summed E-state index contributed by atoms with van der Waals surface area (Å²) in [5, 5.41) is 11.9. The average molecular weight is 229 g/mol. The first-order chi connectivity index (χ1) is 7.77. The molecule has 2 atom stereocenters. The number of rotatable bonds is 7. The van der Waals surface area contributed by atoms with E-state index in [1.54, 1.807) is 0 Å². The van der Waals surface area contributed by atoms with Gasteiger partial charge >= 0.3 is 0 Å². The highest BCUT2D eigenvalue weighted by atomic mass is 16.5.